The van der Waals surface area contributed by atoms with Crippen LogP contribution in [0.15, 0.2) is 30.3 Å². The first-order chi connectivity index (χ1) is 10.6. The van der Waals surface area contributed by atoms with E-state index < -0.39 is 0 Å². The fraction of sp³-hybridized carbons (Fsp3) is 0.611. The Labute approximate surface area is 134 Å². The van der Waals surface area contributed by atoms with E-state index in [0.29, 0.717) is 5.92 Å². The van der Waals surface area contributed by atoms with Crippen molar-refractivity contribution in [1.82, 2.24) is 4.90 Å². The SMILES string of the molecule is CCOCCN1CC[C@H](N(C(C)=O)c2ccccc2)[C@H](C)C1. The third kappa shape index (κ3) is 4.31. The van der Waals surface area contributed by atoms with Crippen molar-refractivity contribution in [3.8, 4) is 0 Å². The number of hydrogen-bond acceptors (Lipinski definition) is 3. The van der Waals surface area contributed by atoms with Gasteiger partial charge >= 0.3 is 0 Å². The molecule has 4 heteroatoms. The highest BCUT2D eigenvalue weighted by atomic mass is 16.5. The predicted octanol–water partition coefficient (Wildman–Crippen LogP) is 2.79. The van der Waals surface area contributed by atoms with Gasteiger partial charge in [0.2, 0.25) is 5.91 Å². The Morgan fingerprint density at radius 1 is 1.36 bits per heavy atom. The summed E-state index contributed by atoms with van der Waals surface area (Å²) in [5.41, 5.74) is 1.01. The van der Waals surface area contributed by atoms with E-state index >= 15 is 0 Å². The summed E-state index contributed by atoms with van der Waals surface area (Å²) in [4.78, 5) is 16.6. The fourth-order valence-electron chi connectivity index (χ4n) is 3.34. The van der Waals surface area contributed by atoms with Gasteiger partial charge in [0.15, 0.2) is 0 Å². The number of carbonyl (C=O) groups is 1. The van der Waals surface area contributed by atoms with Gasteiger partial charge in [-0.3, -0.25) is 4.79 Å². The van der Waals surface area contributed by atoms with E-state index in [2.05, 4.69) is 11.8 Å². The molecule has 22 heavy (non-hydrogen) atoms. The van der Waals surface area contributed by atoms with Crippen molar-refractivity contribution in [2.75, 3.05) is 37.7 Å². The molecular weight excluding hydrogens is 276 g/mol. The summed E-state index contributed by atoms with van der Waals surface area (Å²) in [5, 5.41) is 0. The van der Waals surface area contributed by atoms with Crippen LogP contribution >= 0.6 is 0 Å². The van der Waals surface area contributed by atoms with Crippen molar-refractivity contribution in [3.63, 3.8) is 0 Å². The van der Waals surface area contributed by atoms with Crippen LogP contribution in [0.3, 0.4) is 0 Å². The van der Waals surface area contributed by atoms with Gasteiger partial charge in [-0.05, 0) is 31.4 Å². The van der Waals surface area contributed by atoms with Crippen LogP contribution < -0.4 is 4.90 Å². The van der Waals surface area contributed by atoms with Crippen molar-refractivity contribution in [3.05, 3.63) is 30.3 Å². The zero-order chi connectivity index (χ0) is 15.9. The number of likely N-dealkylation sites (tertiary alicyclic amines) is 1. The molecule has 1 fully saturated rings. The lowest BCUT2D eigenvalue weighted by atomic mass is 9.91. The lowest BCUT2D eigenvalue weighted by Crippen LogP contribution is -2.52. The molecular formula is C18H28N2O2. The van der Waals surface area contributed by atoms with Crippen molar-refractivity contribution < 1.29 is 9.53 Å². The smallest absolute Gasteiger partial charge is 0.224 e. The third-order valence-electron chi connectivity index (χ3n) is 4.41. The van der Waals surface area contributed by atoms with Gasteiger partial charge in [0.25, 0.3) is 0 Å². The van der Waals surface area contributed by atoms with Gasteiger partial charge in [-0.25, -0.2) is 0 Å². The van der Waals surface area contributed by atoms with Crippen LogP contribution in [0.2, 0.25) is 0 Å². The molecule has 0 N–H and O–H groups in total. The van der Waals surface area contributed by atoms with Crippen LogP contribution in [0.5, 0.6) is 0 Å². The molecule has 0 spiro atoms. The maximum absolute atomic E-state index is 12.2. The number of rotatable bonds is 6. The minimum absolute atomic E-state index is 0.130. The maximum atomic E-state index is 12.2. The number of ether oxygens (including phenoxy) is 1. The average Bonchev–Trinajstić information content (AvgIpc) is 2.51. The third-order valence-corrected chi connectivity index (χ3v) is 4.41. The van der Waals surface area contributed by atoms with Gasteiger partial charge in [0, 0.05) is 44.9 Å². The molecule has 2 rings (SSSR count). The van der Waals surface area contributed by atoms with Crippen LogP contribution in [0.25, 0.3) is 0 Å². The number of carbonyl (C=O) groups excluding carboxylic acids is 1. The highest BCUT2D eigenvalue weighted by molar-refractivity contribution is 5.92. The molecule has 1 aliphatic rings. The first-order valence-corrected chi connectivity index (χ1v) is 8.28. The molecule has 0 unspecified atom stereocenters. The summed E-state index contributed by atoms with van der Waals surface area (Å²) in [6, 6.07) is 10.3. The molecule has 1 aromatic rings. The molecule has 0 bridgehead atoms. The Balaban J connectivity index is 2.01. The number of hydrogen-bond donors (Lipinski definition) is 0. The van der Waals surface area contributed by atoms with Crippen LogP contribution in [0, 0.1) is 5.92 Å². The van der Waals surface area contributed by atoms with Crippen LogP contribution in [0.4, 0.5) is 5.69 Å². The lowest BCUT2D eigenvalue weighted by molar-refractivity contribution is -0.117. The summed E-state index contributed by atoms with van der Waals surface area (Å²) in [7, 11) is 0. The molecule has 0 aliphatic carbocycles. The molecule has 4 nitrogen and oxygen atoms in total. The Morgan fingerprint density at radius 2 is 2.09 bits per heavy atom. The Hall–Kier alpha value is -1.39. The van der Waals surface area contributed by atoms with E-state index in [-0.39, 0.29) is 11.9 Å². The second kappa shape index (κ2) is 8.30. The minimum atomic E-state index is 0.130. The molecule has 1 heterocycles. The highest BCUT2D eigenvalue weighted by Crippen LogP contribution is 2.27. The number of amides is 1. The number of para-hydroxylation sites is 1. The molecule has 1 aromatic carbocycles. The van der Waals surface area contributed by atoms with Crippen LogP contribution in [0.1, 0.15) is 27.2 Å². The van der Waals surface area contributed by atoms with E-state index in [4.69, 9.17) is 4.74 Å². The van der Waals surface area contributed by atoms with Crippen molar-refractivity contribution in [1.29, 1.82) is 0 Å². The van der Waals surface area contributed by atoms with E-state index in [1.807, 2.05) is 42.2 Å². The maximum Gasteiger partial charge on any atom is 0.224 e. The lowest BCUT2D eigenvalue weighted by Gasteiger charge is -2.42. The van der Waals surface area contributed by atoms with E-state index in [9.17, 15) is 4.79 Å². The zero-order valence-corrected chi connectivity index (χ0v) is 14.0. The number of piperidine rings is 1. The van der Waals surface area contributed by atoms with Gasteiger partial charge < -0.3 is 14.5 Å². The van der Waals surface area contributed by atoms with E-state index in [0.717, 1.165) is 45.0 Å². The minimum Gasteiger partial charge on any atom is -0.380 e. The van der Waals surface area contributed by atoms with Crippen molar-refractivity contribution in [2.45, 2.75) is 33.2 Å². The number of nitrogens with zero attached hydrogens (tertiary/aromatic N) is 2. The summed E-state index contributed by atoms with van der Waals surface area (Å²) < 4.78 is 5.45. The summed E-state index contributed by atoms with van der Waals surface area (Å²) in [6.07, 6.45) is 1.02. The zero-order valence-electron chi connectivity index (χ0n) is 14.0. The highest BCUT2D eigenvalue weighted by Gasteiger charge is 2.32. The number of benzene rings is 1. The quantitative estimate of drug-likeness (QED) is 0.758. The normalized spacial score (nSPS) is 22.5. The van der Waals surface area contributed by atoms with Gasteiger partial charge in [-0.1, -0.05) is 25.1 Å². The van der Waals surface area contributed by atoms with Crippen LogP contribution in [-0.4, -0.2) is 49.7 Å². The van der Waals surface area contributed by atoms with Gasteiger partial charge in [-0.2, -0.15) is 0 Å². The van der Waals surface area contributed by atoms with Crippen LogP contribution in [-0.2, 0) is 9.53 Å². The second-order valence-corrected chi connectivity index (χ2v) is 6.06. The molecule has 1 saturated heterocycles. The Bertz CT molecular complexity index is 463. The predicted molar refractivity (Wildman–Crippen MR) is 90.1 cm³/mol. The van der Waals surface area contributed by atoms with E-state index in [1.54, 1.807) is 6.92 Å². The van der Waals surface area contributed by atoms with Gasteiger partial charge in [0.1, 0.15) is 0 Å². The Kier molecular flexibility index (Phi) is 6.40. The molecule has 0 saturated carbocycles. The molecule has 2 atom stereocenters. The monoisotopic (exact) mass is 304 g/mol. The standard InChI is InChI=1S/C18H28N2O2/c1-4-22-13-12-19-11-10-18(15(2)14-19)20(16(3)21)17-8-6-5-7-9-17/h5-9,15,18H,4,10-14H2,1-3H3/t15-,18+/m1/s1. The summed E-state index contributed by atoms with van der Waals surface area (Å²) in [6.45, 7) is 10.5. The fourth-order valence-corrected chi connectivity index (χ4v) is 3.34. The first-order valence-electron chi connectivity index (χ1n) is 8.28. The second-order valence-electron chi connectivity index (χ2n) is 6.06. The first kappa shape index (κ1) is 17.0. The van der Waals surface area contributed by atoms with E-state index in [1.165, 1.54) is 0 Å². The largest absolute Gasteiger partial charge is 0.380 e. The topological polar surface area (TPSA) is 32.8 Å². The molecule has 0 radical (unpaired) electrons. The average molecular weight is 304 g/mol. The van der Waals surface area contributed by atoms with Gasteiger partial charge in [-0.15, -0.1) is 0 Å². The molecule has 0 aromatic heterocycles. The summed E-state index contributed by atoms with van der Waals surface area (Å²) >= 11 is 0. The summed E-state index contributed by atoms with van der Waals surface area (Å²) in [5.74, 6) is 0.588. The van der Waals surface area contributed by atoms with Crippen molar-refractivity contribution in [2.24, 2.45) is 5.92 Å². The molecule has 1 amide bonds. The molecule has 1 aliphatic heterocycles. The number of anilines is 1. The Morgan fingerprint density at radius 3 is 2.68 bits per heavy atom. The van der Waals surface area contributed by atoms with Crippen molar-refractivity contribution >= 4 is 11.6 Å². The van der Waals surface area contributed by atoms with Gasteiger partial charge in [0.05, 0.1) is 6.61 Å². The molecule has 122 valence electrons.